The van der Waals surface area contributed by atoms with Gasteiger partial charge in [0.25, 0.3) is 11.8 Å². The zero-order chi connectivity index (χ0) is 26.7. The van der Waals surface area contributed by atoms with Gasteiger partial charge in [0.1, 0.15) is 5.01 Å². The summed E-state index contributed by atoms with van der Waals surface area (Å²) in [6.07, 6.45) is 1.51. The summed E-state index contributed by atoms with van der Waals surface area (Å²) in [5.41, 5.74) is 4.19. The Morgan fingerprint density at radius 1 is 1.21 bits per heavy atom. The summed E-state index contributed by atoms with van der Waals surface area (Å²) in [5, 5.41) is 13.2. The van der Waals surface area contributed by atoms with E-state index in [9.17, 15) is 9.59 Å². The summed E-state index contributed by atoms with van der Waals surface area (Å²) >= 11 is 6.22. The third-order valence-corrected chi connectivity index (χ3v) is 7.89. The average Bonchev–Trinajstić information content (AvgIpc) is 3.42. The van der Waals surface area contributed by atoms with Crippen molar-refractivity contribution in [1.29, 1.82) is 0 Å². The molecule has 10 nitrogen and oxygen atoms in total. The molecule has 1 saturated heterocycles. The Hall–Kier alpha value is -3.00. The van der Waals surface area contributed by atoms with Crippen LogP contribution >= 0.6 is 39.0 Å². The summed E-state index contributed by atoms with van der Waals surface area (Å²) in [7, 11) is 0. The molecule has 3 aromatic rings. The summed E-state index contributed by atoms with van der Waals surface area (Å²) in [6, 6.07) is 13.3. The van der Waals surface area contributed by atoms with Crippen LogP contribution in [-0.2, 0) is 14.3 Å². The maximum absolute atomic E-state index is 12.5. The first kappa shape index (κ1) is 28.0. The zero-order valence-corrected chi connectivity index (χ0v) is 23.8. The van der Waals surface area contributed by atoms with E-state index in [0.717, 1.165) is 10.6 Å². The van der Waals surface area contributed by atoms with E-state index in [1.54, 1.807) is 17.0 Å². The van der Waals surface area contributed by atoms with Crippen molar-refractivity contribution in [2.45, 2.75) is 11.3 Å². The molecule has 1 aliphatic rings. The van der Waals surface area contributed by atoms with Crippen LogP contribution in [0.5, 0.6) is 11.5 Å². The maximum atomic E-state index is 12.5. The van der Waals surface area contributed by atoms with E-state index in [2.05, 4.69) is 36.7 Å². The van der Waals surface area contributed by atoms with Gasteiger partial charge in [-0.25, -0.2) is 5.43 Å². The van der Waals surface area contributed by atoms with Gasteiger partial charge in [-0.2, -0.15) is 5.10 Å². The molecule has 0 radical (unpaired) electrons. The topological polar surface area (TPSA) is 115 Å². The fourth-order valence-corrected chi connectivity index (χ4v) is 5.63. The SMILES string of the molecule is CCOc1cc(C=NNC(=O)CSc2nnc(-c3ccccc3)s2)cc(Br)c1OCC(=O)N1CCOCC1. The van der Waals surface area contributed by atoms with Crippen molar-refractivity contribution in [2.75, 3.05) is 45.3 Å². The highest BCUT2D eigenvalue weighted by molar-refractivity contribution is 9.10. The van der Waals surface area contributed by atoms with Gasteiger partial charge in [0.2, 0.25) is 0 Å². The molecule has 1 fully saturated rings. The molecular weight excluding hydrogens is 594 g/mol. The number of thioether (sulfide) groups is 1. The van der Waals surface area contributed by atoms with Gasteiger partial charge in [-0.1, -0.05) is 53.4 Å². The van der Waals surface area contributed by atoms with Gasteiger partial charge < -0.3 is 19.1 Å². The number of halogens is 1. The van der Waals surface area contributed by atoms with Crippen LogP contribution < -0.4 is 14.9 Å². The van der Waals surface area contributed by atoms with Crippen LogP contribution in [0.15, 0.2) is 56.4 Å². The van der Waals surface area contributed by atoms with Crippen LogP contribution in [-0.4, -0.2) is 78.4 Å². The summed E-state index contributed by atoms with van der Waals surface area (Å²) in [4.78, 5) is 26.4. The molecule has 2 amide bonds. The van der Waals surface area contributed by atoms with Crippen molar-refractivity contribution < 1.29 is 23.8 Å². The first-order chi connectivity index (χ1) is 18.5. The van der Waals surface area contributed by atoms with Crippen molar-refractivity contribution >= 4 is 57.1 Å². The van der Waals surface area contributed by atoms with Crippen molar-refractivity contribution in [1.82, 2.24) is 20.5 Å². The molecular formula is C25H26BrN5O5S2. The van der Waals surface area contributed by atoms with E-state index >= 15 is 0 Å². The Balaban J connectivity index is 1.30. The minimum atomic E-state index is -0.270. The van der Waals surface area contributed by atoms with Gasteiger partial charge in [0.05, 0.1) is 36.3 Å². The number of hydrogen-bond donors (Lipinski definition) is 1. The van der Waals surface area contributed by atoms with Crippen LogP contribution in [0.3, 0.4) is 0 Å². The van der Waals surface area contributed by atoms with Crippen LogP contribution in [0.25, 0.3) is 10.6 Å². The molecule has 0 atom stereocenters. The van der Waals surface area contributed by atoms with Gasteiger partial charge >= 0.3 is 0 Å². The lowest BCUT2D eigenvalue weighted by Gasteiger charge is -2.27. The molecule has 2 heterocycles. The third-order valence-electron chi connectivity index (χ3n) is 5.19. The molecule has 0 aliphatic carbocycles. The number of amides is 2. The number of nitrogens with one attached hydrogen (secondary N) is 1. The van der Waals surface area contributed by atoms with E-state index in [-0.39, 0.29) is 24.2 Å². The minimum absolute atomic E-state index is 0.110. The zero-order valence-electron chi connectivity index (χ0n) is 20.6. The number of aromatic nitrogens is 2. The van der Waals surface area contributed by atoms with Gasteiger partial charge in [0, 0.05) is 18.7 Å². The summed E-state index contributed by atoms with van der Waals surface area (Å²) in [5.74, 6) is 0.661. The molecule has 2 aromatic carbocycles. The molecule has 38 heavy (non-hydrogen) atoms. The second-order valence-electron chi connectivity index (χ2n) is 7.87. The Morgan fingerprint density at radius 2 is 2.00 bits per heavy atom. The second kappa shape index (κ2) is 14.2. The third kappa shape index (κ3) is 8.00. The monoisotopic (exact) mass is 619 g/mol. The lowest BCUT2D eigenvalue weighted by molar-refractivity contribution is -0.137. The lowest BCUT2D eigenvalue weighted by Crippen LogP contribution is -2.43. The molecule has 4 rings (SSSR count). The number of hydrogen-bond acceptors (Lipinski definition) is 10. The van der Waals surface area contributed by atoms with Crippen molar-refractivity contribution in [3.05, 3.63) is 52.5 Å². The number of rotatable bonds is 11. The van der Waals surface area contributed by atoms with Crippen molar-refractivity contribution in [2.24, 2.45) is 5.10 Å². The number of carbonyl (C=O) groups excluding carboxylic acids is 2. The van der Waals surface area contributed by atoms with Crippen LogP contribution in [0.1, 0.15) is 12.5 Å². The number of ether oxygens (including phenoxy) is 3. The first-order valence-electron chi connectivity index (χ1n) is 11.8. The Morgan fingerprint density at radius 3 is 2.76 bits per heavy atom. The van der Waals surface area contributed by atoms with Crippen LogP contribution in [0, 0.1) is 0 Å². The van der Waals surface area contributed by atoms with Crippen molar-refractivity contribution in [3.63, 3.8) is 0 Å². The van der Waals surface area contributed by atoms with Crippen LogP contribution in [0.2, 0.25) is 0 Å². The molecule has 0 unspecified atom stereocenters. The fourth-order valence-electron chi connectivity index (χ4n) is 3.41. The van der Waals surface area contributed by atoms with Crippen LogP contribution in [0.4, 0.5) is 0 Å². The maximum Gasteiger partial charge on any atom is 0.260 e. The average molecular weight is 621 g/mol. The smallest absolute Gasteiger partial charge is 0.260 e. The Bertz CT molecular complexity index is 1270. The highest BCUT2D eigenvalue weighted by atomic mass is 79.9. The second-order valence-corrected chi connectivity index (χ2v) is 10.9. The van der Waals surface area contributed by atoms with E-state index in [1.807, 2.05) is 37.3 Å². The Labute approximate surface area is 236 Å². The highest BCUT2D eigenvalue weighted by Crippen LogP contribution is 2.36. The molecule has 0 saturated carbocycles. The van der Waals surface area contributed by atoms with E-state index in [0.29, 0.717) is 58.8 Å². The fraction of sp³-hybridized carbons (Fsp3) is 0.320. The number of hydrazone groups is 1. The standard InChI is InChI=1S/C25H26BrN5O5S2/c1-2-35-20-13-17(12-19(26)23(20)36-15-22(33)31-8-10-34-11-9-31)14-27-28-21(32)16-37-25-30-29-24(38-25)18-6-4-3-5-7-18/h3-7,12-14H,2,8-11,15-16H2,1H3,(H,28,32). The molecule has 1 aromatic heterocycles. The first-order valence-corrected chi connectivity index (χ1v) is 14.4. The number of morpholine rings is 1. The molecule has 13 heteroatoms. The van der Waals surface area contributed by atoms with Gasteiger partial charge in [-0.15, -0.1) is 10.2 Å². The summed E-state index contributed by atoms with van der Waals surface area (Å²) < 4.78 is 18.1. The number of benzene rings is 2. The largest absolute Gasteiger partial charge is 0.490 e. The molecule has 1 aliphatic heterocycles. The predicted octanol–water partition coefficient (Wildman–Crippen LogP) is 3.85. The van der Waals surface area contributed by atoms with E-state index in [4.69, 9.17) is 14.2 Å². The molecule has 200 valence electrons. The van der Waals surface area contributed by atoms with E-state index in [1.165, 1.54) is 29.3 Å². The number of carbonyl (C=O) groups is 2. The van der Waals surface area contributed by atoms with Gasteiger partial charge in [-0.3, -0.25) is 9.59 Å². The van der Waals surface area contributed by atoms with Crippen molar-refractivity contribution in [3.8, 4) is 22.1 Å². The predicted molar refractivity (Wildman–Crippen MR) is 150 cm³/mol. The van der Waals surface area contributed by atoms with Gasteiger partial charge in [-0.05, 0) is 40.5 Å². The Kier molecular flexibility index (Phi) is 10.5. The normalized spacial score (nSPS) is 13.5. The lowest BCUT2D eigenvalue weighted by atomic mass is 10.2. The quantitative estimate of drug-likeness (QED) is 0.195. The number of nitrogens with zero attached hydrogens (tertiary/aromatic N) is 4. The highest BCUT2D eigenvalue weighted by Gasteiger charge is 2.19. The van der Waals surface area contributed by atoms with E-state index < -0.39 is 0 Å². The molecule has 1 N–H and O–H groups in total. The van der Waals surface area contributed by atoms with Gasteiger partial charge in [0.15, 0.2) is 22.4 Å². The molecule has 0 spiro atoms. The minimum Gasteiger partial charge on any atom is -0.490 e. The summed E-state index contributed by atoms with van der Waals surface area (Å²) in [6.45, 7) is 4.32. The molecule has 0 bridgehead atoms.